The average molecular weight is 233 g/mol. The molecule has 0 N–H and O–H groups in total. The summed E-state index contributed by atoms with van der Waals surface area (Å²) in [5, 5.41) is 10.8. The Bertz CT molecular complexity index is 382. The third-order valence-electron chi connectivity index (χ3n) is 1.76. The minimum absolute atomic E-state index is 0.716. The maximum Gasteiger partial charge on any atom is 0.0991 e. The molecule has 0 radical (unpaired) electrons. The monoisotopic (exact) mass is 233 g/mol. The van der Waals surface area contributed by atoms with E-state index >= 15 is 0 Å². The minimum atomic E-state index is -1.08. The van der Waals surface area contributed by atoms with Crippen molar-refractivity contribution in [3.63, 3.8) is 0 Å². The zero-order valence-corrected chi connectivity index (χ0v) is 11.1. The predicted molar refractivity (Wildman–Crippen MR) is 69.5 cm³/mol. The molecule has 0 bridgehead atoms. The fourth-order valence-electron chi connectivity index (χ4n) is 0.925. The molecule has 1 rings (SSSR count). The van der Waals surface area contributed by atoms with Gasteiger partial charge in [0.05, 0.1) is 19.7 Å². The highest BCUT2D eigenvalue weighted by Gasteiger charge is 2.06. The average Bonchev–Trinajstić information content (AvgIpc) is 2.17. The van der Waals surface area contributed by atoms with Gasteiger partial charge < -0.3 is 0 Å². The van der Waals surface area contributed by atoms with Crippen LogP contribution in [0.4, 0.5) is 0 Å². The van der Waals surface area contributed by atoms with Crippen LogP contribution in [0, 0.1) is 11.3 Å². The largest absolute Gasteiger partial charge is 0.192 e. The molecule has 1 aromatic rings. The Morgan fingerprint density at radius 2 is 1.80 bits per heavy atom. The molecule has 0 aliphatic heterocycles. The fraction of sp³-hybridized carbons (Fsp3) is 0.250. The van der Waals surface area contributed by atoms with Gasteiger partial charge in [0.2, 0.25) is 0 Å². The molecule has 0 amide bonds. The van der Waals surface area contributed by atoms with Crippen LogP contribution >= 0.6 is 11.8 Å². The highest BCUT2D eigenvalue weighted by Crippen LogP contribution is 2.20. The number of hydrogen-bond donors (Lipinski definition) is 0. The van der Waals surface area contributed by atoms with E-state index in [-0.39, 0.29) is 0 Å². The van der Waals surface area contributed by atoms with Gasteiger partial charge in [0.25, 0.3) is 0 Å². The van der Waals surface area contributed by atoms with Crippen molar-refractivity contribution in [3.05, 3.63) is 40.9 Å². The van der Waals surface area contributed by atoms with Crippen LogP contribution in [0.25, 0.3) is 0 Å². The van der Waals surface area contributed by atoms with Crippen molar-refractivity contribution in [1.29, 1.82) is 5.26 Å². The van der Waals surface area contributed by atoms with Crippen LogP contribution < -0.4 is 0 Å². The van der Waals surface area contributed by atoms with Gasteiger partial charge in [0.1, 0.15) is 0 Å². The first-order chi connectivity index (χ1) is 7.01. The molecule has 0 unspecified atom stereocenters. The fourth-order valence-corrected chi connectivity index (χ4v) is 3.28. The molecule has 0 saturated heterocycles. The Hall–Kier alpha value is -0.983. The topological polar surface area (TPSA) is 23.8 Å². The smallest absolute Gasteiger partial charge is 0.0991 e. The Morgan fingerprint density at radius 1 is 1.20 bits per heavy atom. The van der Waals surface area contributed by atoms with Gasteiger partial charge in [-0.3, -0.25) is 0 Å². The van der Waals surface area contributed by atoms with Crippen LogP contribution in [0.15, 0.2) is 40.3 Å². The van der Waals surface area contributed by atoms with E-state index in [1.807, 2.05) is 24.3 Å². The van der Waals surface area contributed by atoms with Gasteiger partial charge in [-0.25, -0.2) is 0 Å². The van der Waals surface area contributed by atoms with E-state index in [9.17, 15) is 0 Å². The molecule has 0 heterocycles. The quantitative estimate of drug-likeness (QED) is 0.581. The molecule has 0 aliphatic carbocycles. The van der Waals surface area contributed by atoms with Crippen molar-refractivity contribution in [2.75, 3.05) is 0 Å². The lowest BCUT2D eigenvalue weighted by atomic mass is 10.2. The molecule has 0 saturated carbocycles. The second kappa shape index (κ2) is 5.20. The van der Waals surface area contributed by atoms with Crippen molar-refractivity contribution in [3.8, 4) is 6.07 Å². The predicted octanol–water partition coefficient (Wildman–Crippen LogP) is 4.04. The van der Waals surface area contributed by atoms with E-state index in [2.05, 4.69) is 36.8 Å². The summed E-state index contributed by atoms with van der Waals surface area (Å²) in [4.78, 5) is 1.18. The second-order valence-electron chi connectivity index (χ2n) is 4.42. The van der Waals surface area contributed by atoms with Crippen LogP contribution in [-0.2, 0) is 0 Å². The molecule has 1 aromatic carbocycles. The standard InChI is InChI=1S/C12H15NSSi/c1-15(2,3)9-8-14-12-6-4-11(10-13)5-7-12/h4-9H,1-3H3/b9-8+. The first-order valence-corrected chi connectivity index (χ1v) is 9.31. The number of thioether (sulfide) groups is 1. The summed E-state index contributed by atoms with van der Waals surface area (Å²) in [7, 11) is -1.08. The van der Waals surface area contributed by atoms with Crippen molar-refractivity contribution >= 4 is 19.8 Å². The van der Waals surface area contributed by atoms with E-state index in [1.165, 1.54) is 4.90 Å². The van der Waals surface area contributed by atoms with E-state index < -0.39 is 8.07 Å². The number of nitriles is 1. The molecule has 0 aliphatic rings. The van der Waals surface area contributed by atoms with Crippen molar-refractivity contribution in [2.24, 2.45) is 0 Å². The third-order valence-corrected chi connectivity index (χ3v) is 3.98. The first kappa shape index (κ1) is 12.1. The zero-order valence-electron chi connectivity index (χ0n) is 9.32. The molecule has 3 heteroatoms. The van der Waals surface area contributed by atoms with Gasteiger partial charge >= 0.3 is 0 Å². The number of nitrogens with zero attached hydrogens (tertiary/aromatic N) is 1. The molecule has 0 fully saturated rings. The highest BCUT2D eigenvalue weighted by atomic mass is 32.2. The van der Waals surface area contributed by atoms with Gasteiger partial charge in [0, 0.05) is 4.90 Å². The number of hydrogen-bond acceptors (Lipinski definition) is 2. The molecular weight excluding hydrogens is 218 g/mol. The van der Waals surface area contributed by atoms with Crippen LogP contribution in [0.1, 0.15) is 5.56 Å². The molecular formula is C12H15NSSi. The minimum Gasteiger partial charge on any atom is -0.192 e. The maximum absolute atomic E-state index is 8.65. The number of rotatable bonds is 3. The van der Waals surface area contributed by atoms with E-state index in [0.29, 0.717) is 5.56 Å². The molecule has 15 heavy (non-hydrogen) atoms. The SMILES string of the molecule is C[Si](C)(C)/C=C/Sc1ccc(C#N)cc1. The summed E-state index contributed by atoms with van der Waals surface area (Å²) in [6.07, 6.45) is 0. The Kier molecular flexibility index (Phi) is 4.19. The van der Waals surface area contributed by atoms with E-state index in [4.69, 9.17) is 5.26 Å². The lowest BCUT2D eigenvalue weighted by Gasteiger charge is -2.07. The summed E-state index contributed by atoms with van der Waals surface area (Å²) in [5.41, 5.74) is 3.03. The molecule has 0 atom stereocenters. The summed E-state index contributed by atoms with van der Waals surface area (Å²) < 4.78 is 0. The summed E-state index contributed by atoms with van der Waals surface area (Å²) in [6.45, 7) is 6.93. The second-order valence-corrected chi connectivity index (χ2v) is 10.5. The van der Waals surface area contributed by atoms with Gasteiger partial charge in [-0.2, -0.15) is 5.26 Å². The first-order valence-electron chi connectivity index (χ1n) is 4.86. The molecule has 0 aromatic heterocycles. The molecule has 1 nitrogen and oxygen atoms in total. The number of benzene rings is 1. The molecule has 78 valence electrons. The van der Waals surface area contributed by atoms with Gasteiger partial charge in [-0.05, 0) is 29.7 Å². The normalized spacial score (nSPS) is 11.6. The van der Waals surface area contributed by atoms with Gasteiger partial charge in [-0.1, -0.05) is 37.1 Å². The van der Waals surface area contributed by atoms with Crippen LogP contribution in [-0.4, -0.2) is 8.07 Å². The Balaban J connectivity index is 2.60. The molecule has 0 spiro atoms. The van der Waals surface area contributed by atoms with Crippen LogP contribution in [0.2, 0.25) is 19.6 Å². The third kappa shape index (κ3) is 4.87. The lowest BCUT2D eigenvalue weighted by molar-refractivity contribution is 1.42. The highest BCUT2D eigenvalue weighted by molar-refractivity contribution is 8.02. The van der Waals surface area contributed by atoms with E-state index in [1.54, 1.807) is 11.8 Å². The van der Waals surface area contributed by atoms with Crippen molar-refractivity contribution in [1.82, 2.24) is 0 Å². The lowest BCUT2D eigenvalue weighted by Crippen LogP contribution is -2.14. The van der Waals surface area contributed by atoms with Crippen molar-refractivity contribution in [2.45, 2.75) is 24.5 Å². The Morgan fingerprint density at radius 3 is 2.27 bits per heavy atom. The summed E-state index contributed by atoms with van der Waals surface area (Å²) in [5.74, 6) is 0. The summed E-state index contributed by atoms with van der Waals surface area (Å²) in [6, 6.07) is 9.79. The maximum atomic E-state index is 8.65. The van der Waals surface area contributed by atoms with Gasteiger partial charge in [-0.15, -0.1) is 0 Å². The Labute approximate surface area is 96.8 Å². The van der Waals surface area contributed by atoms with Crippen molar-refractivity contribution < 1.29 is 0 Å². The zero-order chi connectivity index (χ0) is 11.3. The van der Waals surface area contributed by atoms with E-state index in [0.717, 1.165) is 0 Å². The van der Waals surface area contributed by atoms with Crippen LogP contribution in [0.5, 0.6) is 0 Å². The van der Waals surface area contributed by atoms with Crippen LogP contribution in [0.3, 0.4) is 0 Å². The summed E-state index contributed by atoms with van der Waals surface area (Å²) >= 11 is 1.71. The van der Waals surface area contributed by atoms with Gasteiger partial charge in [0.15, 0.2) is 0 Å².